The summed E-state index contributed by atoms with van der Waals surface area (Å²) >= 11 is 0. The predicted molar refractivity (Wildman–Crippen MR) is 46.7 cm³/mol. The van der Waals surface area contributed by atoms with Crippen molar-refractivity contribution in [1.29, 1.82) is 0 Å². The normalized spacial score (nSPS) is 24.7. The van der Waals surface area contributed by atoms with Crippen LogP contribution in [0.1, 0.15) is 19.3 Å². The third kappa shape index (κ3) is 2.57. The molecule has 0 aromatic carbocycles. The van der Waals surface area contributed by atoms with E-state index in [9.17, 15) is 4.79 Å². The number of rotatable bonds is 4. The van der Waals surface area contributed by atoms with Crippen LogP contribution in [-0.4, -0.2) is 41.5 Å². The summed E-state index contributed by atoms with van der Waals surface area (Å²) in [4.78, 5) is 12.9. The molecule has 1 aliphatic heterocycles. The summed E-state index contributed by atoms with van der Waals surface area (Å²) < 4.78 is 0. The van der Waals surface area contributed by atoms with Crippen molar-refractivity contribution >= 4 is 5.78 Å². The van der Waals surface area contributed by atoms with E-state index in [1.165, 1.54) is 0 Å². The Balaban J connectivity index is 2.35. The number of aliphatic hydroxyl groups excluding tert-OH is 1. The minimum atomic E-state index is -0.0279. The molecule has 69 valence electrons. The molecule has 3 heteroatoms. The Bertz CT molecular complexity index is 159. The lowest BCUT2D eigenvalue weighted by Gasteiger charge is -2.21. The summed E-state index contributed by atoms with van der Waals surface area (Å²) in [7, 11) is 0. The Morgan fingerprint density at radius 2 is 2.42 bits per heavy atom. The molecule has 0 spiro atoms. The molecular formula is C9H16NO2. The Morgan fingerprint density at radius 1 is 1.67 bits per heavy atom. The fraction of sp³-hybridized carbons (Fsp3) is 0.778. The molecule has 0 aliphatic carbocycles. The van der Waals surface area contributed by atoms with E-state index in [1.54, 1.807) is 0 Å². The third-order valence-corrected chi connectivity index (χ3v) is 2.34. The molecule has 12 heavy (non-hydrogen) atoms. The zero-order valence-electron chi connectivity index (χ0n) is 7.33. The lowest BCUT2D eigenvalue weighted by Crippen LogP contribution is -2.34. The summed E-state index contributed by atoms with van der Waals surface area (Å²) in [6.07, 6.45) is 3.03. The van der Waals surface area contributed by atoms with Crippen molar-refractivity contribution in [3.63, 3.8) is 0 Å². The van der Waals surface area contributed by atoms with Gasteiger partial charge in [0, 0.05) is 19.6 Å². The first kappa shape index (κ1) is 9.68. The molecule has 1 aliphatic rings. The van der Waals surface area contributed by atoms with Crippen LogP contribution in [0.5, 0.6) is 0 Å². The van der Waals surface area contributed by atoms with Crippen LogP contribution >= 0.6 is 0 Å². The van der Waals surface area contributed by atoms with Crippen molar-refractivity contribution in [3.05, 3.63) is 6.92 Å². The molecule has 1 radical (unpaired) electrons. The summed E-state index contributed by atoms with van der Waals surface area (Å²) in [5.41, 5.74) is 0. The second-order valence-corrected chi connectivity index (χ2v) is 3.32. The SMILES string of the molecule is [CH2]C(=O)CN1CCC[C@H]1CCO. The van der Waals surface area contributed by atoms with Crippen LogP contribution in [0.3, 0.4) is 0 Å². The van der Waals surface area contributed by atoms with E-state index in [2.05, 4.69) is 11.8 Å². The largest absolute Gasteiger partial charge is 0.396 e. The highest BCUT2D eigenvalue weighted by molar-refractivity contribution is 5.84. The molecule has 1 rings (SSSR count). The van der Waals surface area contributed by atoms with Crippen LogP contribution in [0, 0.1) is 6.92 Å². The number of ketones is 1. The van der Waals surface area contributed by atoms with Crippen LogP contribution < -0.4 is 0 Å². The zero-order chi connectivity index (χ0) is 8.97. The van der Waals surface area contributed by atoms with E-state index in [0.29, 0.717) is 12.6 Å². The van der Waals surface area contributed by atoms with Crippen LogP contribution in [0.25, 0.3) is 0 Å². The lowest BCUT2D eigenvalue weighted by atomic mass is 10.1. The minimum Gasteiger partial charge on any atom is -0.396 e. The molecule has 0 aromatic rings. The Morgan fingerprint density at radius 3 is 3.00 bits per heavy atom. The van der Waals surface area contributed by atoms with Gasteiger partial charge < -0.3 is 5.11 Å². The van der Waals surface area contributed by atoms with Gasteiger partial charge in [-0.25, -0.2) is 0 Å². The Hall–Kier alpha value is -0.410. The molecular weight excluding hydrogens is 154 g/mol. The molecule has 0 saturated carbocycles. The minimum absolute atomic E-state index is 0.0279. The number of hydrogen-bond acceptors (Lipinski definition) is 3. The predicted octanol–water partition coefficient (Wildman–Crippen LogP) is 0.236. The number of carbonyl (C=O) groups is 1. The van der Waals surface area contributed by atoms with E-state index in [1.807, 2.05) is 0 Å². The van der Waals surface area contributed by atoms with Gasteiger partial charge >= 0.3 is 0 Å². The van der Waals surface area contributed by atoms with Gasteiger partial charge in [0.2, 0.25) is 0 Å². The standard InChI is InChI=1S/C9H16NO2/c1-8(12)7-10-5-2-3-9(10)4-6-11/h9,11H,1-7H2/t9-/m0/s1. The number of nitrogens with zero attached hydrogens (tertiary/aromatic N) is 1. The highest BCUT2D eigenvalue weighted by Gasteiger charge is 2.24. The number of hydrogen-bond donors (Lipinski definition) is 1. The Kier molecular flexibility index (Phi) is 3.69. The summed E-state index contributed by atoms with van der Waals surface area (Å²) in [6, 6.07) is 0.403. The van der Waals surface area contributed by atoms with E-state index < -0.39 is 0 Å². The molecule has 1 atom stereocenters. The van der Waals surface area contributed by atoms with Gasteiger partial charge in [-0.3, -0.25) is 9.69 Å². The smallest absolute Gasteiger partial charge is 0.147 e. The average Bonchev–Trinajstić information content (AvgIpc) is 2.37. The first-order chi connectivity index (χ1) is 5.74. The highest BCUT2D eigenvalue weighted by Crippen LogP contribution is 2.18. The molecule has 1 N–H and O–H groups in total. The van der Waals surface area contributed by atoms with Gasteiger partial charge in [0.15, 0.2) is 0 Å². The third-order valence-electron chi connectivity index (χ3n) is 2.34. The molecule has 0 aromatic heterocycles. The average molecular weight is 170 g/mol. The second kappa shape index (κ2) is 4.58. The number of Topliss-reactive ketones (excluding diaryl/α,β-unsaturated/α-hetero) is 1. The fourth-order valence-corrected chi connectivity index (χ4v) is 1.81. The number of aliphatic hydroxyl groups is 1. The maximum atomic E-state index is 10.7. The summed E-state index contributed by atoms with van der Waals surface area (Å²) in [5.74, 6) is -0.0279. The highest BCUT2D eigenvalue weighted by atomic mass is 16.3. The van der Waals surface area contributed by atoms with E-state index in [0.717, 1.165) is 25.8 Å². The topological polar surface area (TPSA) is 40.5 Å². The molecule has 0 unspecified atom stereocenters. The first-order valence-electron chi connectivity index (χ1n) is 4.43. The van der Waals surface area contributed by atoms with E-state index in [4.69, 9.17) is 5.11 Å². The molecule has 0 amide bonds. The van der Waals surface area contributed by atoms with Gasteiger partial charge in [0.25, 0.3) is 0 Å². The van der Waals surface area contributed by atoms with Gasteiger partial charge in [-0.05, 0) is 25.8 Å². The number of carbonyl (C=O) groups excluding carboxylic acids is 1. The monoisotopic (exact) mass is 170 g/mol. The summed E-state index contributed by atoms with van der Waals surface area (Å²) in [5, 5.41) is 8.75. The van der Waals surface area contributed by atoms with E-state index >= 15 is 0 Å². The molecule has 1 fully saturated rings. The second-order valence-electron chi connectivity index (χ2n) is 3.32. The van der Waals surface area contributed by atoms with Crippen molar-refractivity contribution in [3.8, 4) is 0 Å². The van der Waals surface area contributed by atoms with Crippen LogP contribution in [0.15, 0.2) is 0 Å². The van der Waals surface area contributed by atoms with Crippen LogP contribution in [0.2, 0.25) is 0 Å². The summed E-state index contributed by atoms with van der Waals surface area (Å²) in [6.45, 7) is 5.00. The number of likely N-dealkylation sites (tertiary alicyclic amines) is 1. The maximum absolute atomic E-state index is 10.7. The first-order valence-corrected chi connectivity index (χ1v) is 4.43. The van der Waals surface area contributed by atoms with Gasteiger partial charge in [-0.1, -0.05) is 0 Å². The van der Waals surface area contributed by atoms with Crippen LogP contribution in [-0.2, 0) is 4.79 Å². The lowest BCUT2D eigenvalue weighted by molar-refractivity contribution is -0.116. The van der Waals surface area contributed by atoms with Crippen molar-refractivity contribution in [2.24, 2.45) is 0 Å². The van der Waals surface area contributed by atoms with Gasteiger partial charge in [0.1, 0.15) is 5.78 Å². The Labute approximate surface area is 73.4 Å². The molecule has 0 bridgehead atoms. The zero-order valence-corrected chi connectivity index (χ0v) is 7.33. The van der Waals surface area contributed by atoms with Crippen molar-refractivity contribution in [1.82, 2.24) is 4.90 Å². The van der Waals surface area contributed by atoms with Crippen LogP contribution in [0.4, 0.5) is 0 Å². The van der Waals surface area contributed by atoms with Gasteiger partial charge in [0.05, 0.1) is 6.54 Å². The van der Waals surface area contributed by atoms with Crippen molar-refractivity contribution in [2.45, 2.75) is 25.3 Å². The van der Waals surface area contributed by atoms with Gasteiger partial charge in [-0.15, -0.1) is 0 Å². The fourth-order valence-electron chi connectivity index (χ4n) is 1.81. The maximum Gasteiger partial charge on any atom is 0.147 e. The molecule has 1 heterocycles. The van der Waals surface area contributed by atoms with E-state index in [-0.39, 0.29) is 12.4 Å². The van der Waals surface area contributed by atoms with Crippen molar-refractivity contribution in [2.75, 3.05) is 19.7 Å². The van der Waals surface area contributed by atoms with Gasteiger partial charge in [-0.2, -0.15) is 0 Å². The molecule has 1 saturated heterocycles. The quantitative estimate of drug-likeness (QED) is 0.657. The molecule has 3 nitrogen and oxygen atoms in total. The van der Waals surface area contributed by atoms with Crippen molar-refractivity contribution < 1.29 is 9.90 Å².